The van der Waals surface area contributed by atoms with Gasteiger partial charge in [-0.25, -0.2) is 9.18 Å². The Morgan fingerprint density at radius 3 is 3.13 bits per heavy atom. The molecule has 0 bridgehead atoms. The first-order valence-corrected chi connectivity index (χ1v) is 4.95. The van der Waals surface area contributed by atoms with E-state index in [0.29, 0.717) is 19.6 Å². The predicted molar refractivity (Wildman–Crippen MR) is 54.5 cm³/mol. The van der Waals surface area contributed by atoms with Crippen molar-refractivity contribution in [3.63, 3.8) is 0 Å². The van der Waals surface area contributed by atoms with Gasteiger partial charge in [0.25, 0.3) is 0 Å². The molecule has 1 aromatic rings. The van der Waals surface area contributed by atoms with Gasteiger partial charge in [-0.3, -0.25) is 4.90 Å². The summed E-state index contributed by atoms with van der Waals surface area (Å²) >= 11 is 0. The smallest absolute Gasteiger partial charge is 0.414 e. The highest BCUT2D eigenvalue weighted by Gasteiger charge is 2.25. The minimum atomic E-state index is -0.358. The third-order valence-corrected chi connectivity index (χ3v) is 2.43. The highest BCUT2D eigenvalue weighted by Crippen LogP contribution is 2.28. The molecule has 80 valence electrons. The van der Waals surface area contributed by atoms with Crippen molar-refractivity contribution in [2.24, 2.45) is 0 Å². The van der Waals surface area contributed by atoms with E-state index in [0.717, 1.165) is 11.3 Å². The third kappa shape index (κ3) is 1.79. The van der Waals surface area contributed by atoms with Crippen LogP contribution in [0.1, 0.15) is 12.5 Å². The molecule has 0 N–H and O–H groups in total. The Morgan fingerprint density at radius 2 is 2.40 bits per heavy atom. The highest BCUT2D eigenvalue weighted by molar-refractivity contribution is 5.90. The monoisotopic (exact) mass is 209 g/mol. The minimum absolute atomic E-state index is 0.264. The lowest BCUT2D eigenvalue weighted by atomic mass is 10.2. The number of hydrogen-bond donors (Lipinski definition) is 0. The van der Waals surface area contributed by atoms with Crippen LogP contribution in [0.4, 0.5) is 14.9 Å². The van der Waals surface area contributed by atoms with Crippen molar-refractivity contribution in [1.82, 2.24) is 0 Å². The van der Waals surface area contributed by atoms with E-state index in [4.69, 9.17) is 4.74 Å². The lowest BCUT2D eigenvalue weighted by Gasteiger charge is -2.16. The maximum absolute atomic E-state index is 12.9. The molecule has 1 aromatic carbocycles. The van der Waals surface area contributed by atoms with E-state index in [9.17, 15) is 9.18 Å². The quantitative estimate of drug-likeness (QED) is 0.710. The molecule has 1 heterocycles. The fourth-order valence-electron chi connectivity index (χ4n) is 1.76. The molecule has 15 heavy (non-hydrogen) atoms. The minimum Gasteiger partial charge on any atom is -0.449 e. The Hall–Kier alpha value is -1.58. The van der Waals surface area contributed by atoms with Crippen LogP contribution in [0.3, 0.4) is 0 Å². The van der Waals surface area contributed by atoms with Crippen molar-refractivity contribution in [2.45, 2.75) is 13.3 Å². The Balaban J connectivity index is 2.25. The van der Waals surface area contributed by atoms with Crippen molar-refractivity contribution in [3.8, 4) is 0 Å². The summed E-state index contributed by atoms with van der Waals surface area (Å²) in [5.41, 5.74) is 1.62. The average Bonchev–Trinajstić information content (AvgIpc) is 2.60. The van der Waals surface area contributed by atoms with E-state index in [2.05, 4.69) is 0 Å². The number of anilines is 1. The average molecular weight is 209 g/mol. The first-order valence-electron chi connectivity index (χ1n) is 4.95. The van der Waals surface area contributed by atoms with Crippen molar-refractivity contribution in [2.75, 3.05) is 18.1 Å². The van der Waals surface area contributed by atoms with E-state index in [1.54, 1.807) is 13.0 Å². The molecule has 0 atom stereocenters. The number of carbonyl (C=O) groups excluding carboxylic acids is 1. The van der Waals surface area contributed by atoms with Crippen LogP contribution in [0.15, 0.2) is 18.2 Å². The molecule has 1 aliphatic rings. The van der Waals surface area contributed by atoms with Gasteiger partial charge in [-0.05, 0) is 37.1 Å². The zero-order valence-corrected chi connectivity index (χ0v) is 8.50. The number of carbonyl (C=O) groups is 1. The van der Waals surface area contributed by atoms with Gasteiger partial charge < -0.3 is 4.74 Å². The number of hydrogen-bond acceptors (Lipinski definition) is 2. The second kappa shape index (κ2) is 3.88. The maximum atomic E-state index is 12.9. The van der Waals surface area contributed by atoms with Gasteiger partial charge in [-0.2, -0.15) is 0 Å². The van der Waals surface area contributed by atoms with Crippen LogP contribution in [-0.4, -0.2) is 19.2 Å². The van der Waals surface area contributed by atoms with Crippen molar-refractivity contribution >= 4 is 11.8 Å². The number of amides is 1. The summed E-state index contributed by atoms with van der Waals surface area (Å²) in [6.45, 7) is 2.68. The molecular formula is C11H12FNO2. The van der Waals surface area contributed by atoms with E-state index in [-0.39, 0.29) is 11.9 Å². The summed E-state index contributed by atoms with van der Waals surface area (Å²) in [6.07, 6.45) is 0.328. The van der Waals surface area contributed by atoms with E-state index in [1.807, 2.05) is 0 Å². The van der Waals surface area contributed by atoms with Crippen LogP contribution in [0, 0.1) is 5.82 Å². The summed E-state index contributed by atoms with van der Waals surface area (Å²) in [4.78, 5) is 13.0. The molecule has 0 saturated heterocycles. The Morgan fingerprint density at radius 1 is 1.60 bits per heavy atom. The normalized spacial score (nSPS) is 13.9. The van der Waals surface area contributed by atoms with Crippen molar-refractivity contribution < 1.29 is 13.9 Å². The molecule has 0 aromatic heterocycles. The molecule has 1 aliphatic heterocycles. The van der Waals surface area contributed by atoms with E-state index in [1.165, 1.54) is 17.0 Å². The number of fused-ring (bicyclic) bond motifs is 1. The summed E-state index contributed by atoms with van der Waals surface area (Å²) < 4.78 is 17.8. The second-order valence-corrected chi connectivity index (χ2v) is 3.37. The molecule has 0 spiro atoms. The van der Waals surface area contributed by atoms with Gasteiger partial charge in [0.2, 0.25) is 0 Å². The molecule has 0 radical (unpaired) electrons. The molecule has 3 nitrogen and oxygen atoms in total. The Bertz CT molecular complexity index is 392. The van der Waals surface area contributed by atoms with Gasteiger partial charge in [-0.15, -0.1) is 0 Å². The van der Waals surface area contributed by atoms with Crippen LogP contribution >= 0.6 is 0 Å². The summed E-state index contributed by atoms with van der Waals surface area (Å²) in [6, 6.07) is 4.44. The zero-order valence-electron chi connectivity index (χ0n) is 8.50. The molecule has 1 amide bonds. The lowest BCUT2D eigenvalue weighted by molar-refractivity contribution is 0.160. The number of ether oxygens (including phenoxy) is 1. The predicted octanol–water partition coefficient (Wildman–Crippen LogP) is 2.34. The second-order valence-electron chi connectivity index (χ2n) is 3.37. The fourth-order valence-corrected chi connectivity index (χ4v) is 1.76. The zero-order chi connectivity index (χ0) is 10.8. The van der Waals surface area contributed by atoms with Crippen LogP contribution in [-0.2, 0) is 11.2 Å². The van der Waals surface area contributed by atoms with Gasteiger partial charge in [0.1, 0.15) is 5.82 Å². The third-order valence-electron chi connectivity index (χ3n) is 2.43. The standard InChI is InChI=1S/C11H12FNO2/c1-2-15-11(14)13-6-5-8-7-9(12)3-4-10(8)13/h3-4,7H,2,5-6H2,1H3. The van der Waals surface area contributed by atoms with Crippen LogP contribution in [0.5, 0.6) is 0 Å². The van der Waals surface area contributed by atoms with Gasteiger partial charge in [0, 0.05) is 6.54 Å². The summed E-state index contributed by atoms with van der Waals surface area (Å²) in [5, 5.41) is 0. The molecule has 0 fully saturated rings. The first kappa shape index (κ1) is 9.96. The molecular weight excluding hydrogens is 197 g/mol. The molecule has 0 saturated carbocycles. The maximum Gasteiger partial charge on any atom is 0.414 e. The van der Waals surface area contributed by atoms with Crippen LogP contribution < -0.4 is 4.90 Å². The fraction of sp³-hybridized carbons (Fsp3) is 0.364. The number of benzene rings is 1. The number of halogens is 1. The van der Waals surface area contributed by atoms with Gasteiger partial charge in [0.05, 0.1) is 12.3 Å². The highest BCUT2D eigenvalue weighted by atomic mass is 19.1. The molecule has 2 rings (SSSR count). The largest absolute Gasteiger partial charge is 0.449 e. The van der Waals surface area contributed by atoms with Crippen molar-refractivity contribution in [3.05, 3.63) is 29.6 Å². The lowest BCUT2D eigenvalue weighted by Crippen LogP contribution is -2.29. The van der Waals surface area contributed by atoms with Gasteiger partial charge in [0.15, 0.2) is 0 Å². The van der Waals surface area contributed by atoms with Crippen LogP contribution in [0.25, 0.3) is 0 Å². The molecule has 0 aliphatic carbocycles. The SMILES string of the molecule is CCOC(=O)N1CCc2cc(F)ccc21. The summed E-state index contributed by atoms with van der Waals surface area (Å²) in [7, 11) is 0. The van der Waals surface area contributed by atoms with Gasteiger partial charge >= 0.3 is 6.09 Å². The number of rotatable bonds is 1. The molecule has 4 heteroatoms. The van der Waals surface area contributed by atoms with E-state index < -0.39 is 0 Å². The van der Waals surface area contributed by atoms with Crippen LogP contribution in [0.2, 0.25) is 0 Å². The summed E-state index contributed by atoms with van der Waals surface area (Å²) in [5.74, 6) is -0.264. The molecule has 0 unspecified atom stereocenters. The number of nitrogens with zero attached hydrogens (tertiary/aromatic N) is 1. The first-order chi connectivity index (χ1) is 7.22. The Labute approximate surface area is 87.5 Å². The van der Waals surface area contributed by atoms with E-state index >= 15 is 0 Å². The van der Waals surface area contributed by atoms with Crippen molar-refractivity contribution in [1.29, 1.82) is 0 Å². The Kier molecular flexibility index (Phi) is 2.58. The van der Waals surface area contributed by atoms with Gasteiger partial charge in [-0.1, -0.05) is 0 Å². The topological polar surface area (TPSA) is 29.5 Å².